The van der Waals surface area contributed by atoms with Crippen molar-refractivity contribution in [1.82, 2.24) is 0 Å². The number of hydrogen-bond donors (Lipinski definition) is 1. The van der Waals surface area contributed by atoms with Crippen molar-refractivity contribution in [3.63, 3.8) is 0 Å². The normalized spacial score (nSPS) is 18.4. The molecule has 2 aromatic rings. The average molecular weight is 453 g/mol. The number of hydrogen-bond acceptors (Lipinski definition) is 9. The van der Waals surface area contributed by atoms with Crippen LogP contribution in [0.5, 0.6) is 28.7 Å². The second-order valence-corrected chi connectivity index (χ2v) is 8.29. The van der Waals surface area contributed by atoms with E-state index in [-0.39, 0.29) is 11.5 Å². The maximum Gasteiger partial charge on any atom is 0.265 e. The molecule has 2 aromatic carbocycles. The first-order valence-electron chi connectivity index (χ1n) is 9.03. The van der Waals surface area contributed by atoms with Crippen LogP contribution >= 0.6 is 0 Å². The van der Waals surface area contributed by atoms with Crippen molar-refractivity contribution >= 4 is 21.7 Å². The molecule has 0 spiro atoms. The van der Waals surface area contributed by atoms with Crippen LogP contribution < -0.4 is 23.8 Å². The third kappa shape index (κ3) is 4.19. The fraction of sp³-hybridized carbons (Fsp3) is 0.350. The van der Waals surface area contributed by atoms with Gasteiger partial charge in [0.15, 0.2) is 29.1 Å². The van der Waals surface area contributed by atoms with Gasteiger partial charge in [-0.2, -0.15) is 8.42 Å². The molecule has 11 heteroatoms. The maximum absolute atomic E-state index is 12.9. The van der Waals surface area contributed by atoms with Crippen molar-refractivity contribution in [1.29, 1.82) is 0 Å². The van der Waals surface area contributed by atoms with Crippen molar-refractivity contribution in [2.75, 3.05) is 39.6 Å². The van der Waals surface area contributed by atoms with Crippen LogP contribution in [-0.2, 0) is 19.1 Å². The van der Waals surface area contributed by atoms with E-state index < -0.39 is 28.2 Å². The van der Waals surface area contributed by atoms with E-state index >= 15 is 0 Å². The Bertz CT molecular complexity index is 1070. The molecule has 0 radical (unpaired) electrons. The van der Waals surface area contributed by atoms with Crippen LogP contribution in [0.25, 0.3) is 0 Å². The molecule has 2 atom stereocenters. The van der Waals surface area contributed by atoms with E-state index in [4.69, 9.17) is 23.1 Å². The minimum absolute atomic E-state index is 0.165. The number of methoxy groups -OCH3 is 4. The van der Waals surface area contributed by atoms with Crippen molar-refractivity contribution < 1.29 is 41.4 Å². The van der Waals surface area contributed by atoms with E-state index in [0.717, 1.165) is 6.26 Å². The largest absolute Gasteiger partial charge is 0.504 e. The van der Waals surface area contributed by atoms with Gasteiger partial charge in [-0.1, -0.05) is 6.07 Å². The first kappa shape index (κ1) is 22.5. The van der Waals surface area contributed by atoms with Crippen LogP contribution in [0.4, 0.5) is 5.69 Å². The zero-order valence-corrected chi connectivity index (χ0v) is 18.4. The SMILES string of the molecule is COc1ccc([C@H]2[C@@H](OS(C)(=O)=O)C(=O)N2c2cc(OC)c(OC)c(OC)c2)cc1O. The number of carbonyl (C=O) groups is 1. The Morgan fingerprint density at radius 1 is 0.903 bits per heavy atom. The summed E-state index contributed by atoms with van der Waals surface area (Å²) in [4.78, 5) is 14.3. The lowest BCUT2D eigenvalue weighted by molar-refractivity contribution is -0.134. The third-order valence-electron chi connectivity index (χ3n) is 4.80. The number of phenolic OH excluding ortho intramolecular Hbond substituents is 1. The number of rotatable bonds is 8. The fourth-order valence-electron chi connectivity index (χ4n) is 3.45. The van der Waals surface area contributed by atoms with Crippen molar-refractivity contribution in [3.8, 4) is 28.7 Å². The minimum atomic E-state index is -3.93. The molecule has 0 bridgehead atoms. The number of ether oxygens (including phenoxy) is 4. The number of anilines is 1. The van der Waals surface area contributed by atoms with Crippen LogP contribution in [0.15, 0.2) is 30.3 Å². The van der Waals surface area contributed by atoms with Crippen molar-refractivity contribution in [2.24, 2.45) is 0 Å². The van der Waals surface area contributed by atoms with Gasteiger partial charge in [-0.3, -0.25) is 13.9 Å². The molecule has 1 saturated heterocycles. The molecular weight excluding hydrogens is 430 g/mol. The number of benzene rings is 2. The first-order valence-corrected chi connectivity index (χ1v) is 10.8. The molecule has 1 aliphatic rings. The zero-order chi connectivity index (χ0) is 22.9. The summed E-state index contributed by atoms with van der Waals surface area (Å²) in [7, 11) is 1.80. The van der Waals surface area contributed by atoms with Crippen LogP contribution in [-0.4, -0.2) is 60.2 Å². The third-order valence-corrected chi connectivity index (χ3v) is 5.35. The lowest BCUT2D eigenvalue weighted by Gasteiger charge is -2.46. The summed E-state index contributed by atoms with van der Waals surface area (Å²) >= 11 is 0. The highest BCUT2D eigenvalue weighted by atomic mass is 32.2. The van der Waals surface area contributed by atoms with Crippen LogP contribution in [0.1, 0.15) is 11.6 Å². The smallest absolute Gasteiger partial charge is 0.265 e. The van der Waals surface area contributed by atoms with E-state index in [0.29, 0.717) is 28.5 Å². The van der Waals surface area contributed by atoms with Gasteiger partial charge in [0.25, 0.3) is 16.0 Å². The quantitative estimate of drug-likeness (QED) is 0.471. The number of nitrogens with zero attached hydrogens (tertiary/aromatic N) is 1. The maximum atomic E-state index is 12.9. The minimum Gasteiger partial charge on any atom is -0.504 e. The van der Waals surface area contributed by atoms with Gasteiger partial charge in [-0.05, 0) is 17.7 Å². The summed E-state index contributed by atoms with van der Waals surface area (Å²) in [6.45, 7) is 0. The molecule has 1 fully saturated rings. The number of amides is 1. The Morgan fingerprint density at radius 3 is 1.94 bits per heavy atom. The Kier molecular flexibility index (Phi) is 6.18. The van der Waals surface area contributed by atoms with Crippen molar-refractivity contribution in [2.45, 2.75) is 12.1 Å². The topological polar surface area (TPSA) is 121 Å². The number of β-lactam (4-membered cyclic amide) rings is 1. The Hall–Kier alpha value is -3.18. The van der Waals surface area contributed by atoms with Gasteiger partial charge in [0, 0.05) is 12.1 Å². The molecule has 31 heavy (non-hydrogen) atoms. The molecule has 3 rings (SSSR count). The van der Waals surface area contributed by atoms with E-state index in [2.05, 4.69) is 0 Å². The van der Waals surface area contributed by atoms with E-state index in [1.54, 1.807) is 18.2 Å². The van der Waals surface area contributed by atoms with Gasteiger partial charge in [0.2, 0.25) is 5.75 Å². The summed E-state index contributed by atoms with van der Waals surface area (Å²) < 4.78 is 49.6. The lowest BCUT2D eigenvalue weighted by Crippen LogP contribution is -2.60. The molecule has 168 valence electrons. The molecule has 1 N–H and O–H groups in total. The monoisotopic (exact) mass is 453 g/mol. The molecule has 0 saturated carbocycles. The molecule has 1 amide bonds. The van der Waals surface area contributed by atoms with Gasteiger partial charge in [-0.15, -0.1) is 0 Å². The van der Waals surface area contributed by atoms with Crippen LogP contribution in [0, 0.1) is 0 Å². The highest BCUT2D eigenvalue weighted by molar-refractivity contribution is 7.86. The summed E-state index contributed by atoms with van der Waals surface area (Å²) in [6, 6.07) is 6.79. The Labute approximate surface area is 180 Å². The summed E-state index contributed by atoms with van der Waals surface area (Å²) in [5, 5.41) is 10.2. The van der Waals surface area contributed by atoms with E-state index in [9.17, 15) is 18.3 Å². The predicted octanol–water partition coefficient (Wildman–Crippen LogP) is 1.86. The van der Waals surface area contributed by atoms with Gasteiger partial charge < -0.3 is 24.1 Å². The standard InChI is InChI=1S/C20H23NO9S/c1-26-14-7-6-11(8-13(14)22)17-19(30-31(5,24)25)20(23)21(17)12-9-15(27-2)18(29-4)16(10-12)28-3/h6-10,17,19,22H,1-5H3/t17-,19+/m0/s1. The molecule has 0 aromatic heterocycles. The number of phenols is 1. The highest BCUT2D eigenvalue weighted by Gasteiger charge is 2.52. The second kappa shape index (κ2) is 8.52. The van der Waals surface area contributed by atoms with Gasteiger partial charge in [0.05, 0.1) is 46.4 Å². The molecule has 1 aliphatic heterocycles. The van der Waals surface area contributed by atoms with Crippen LogP contribution in [0.3, 0.4) is 0 Å². The summed E-state index contributed by atoms with van der Waals surface area (Å²) in [5.41, 5.74) is 0.813. The molecule has 10 nitrogen and oxygen atoms in total. The van der Waals surface area contributed by atoms with Crippen molar-refractivity contribution in [3.05, 3.63) is 35.9 Å². The van der Waals surface area contributed by atoms with Gasteiger partial charge in [0.1, 0.15) is 0 Å². The van der Waals surface area contributed by atoms with Gasteiger partial charge >= 0.3 is 0 Å². The van der Waals surface area contributed by atoms with E-state index in [1.807, 2.05) is 0 Å². The second-order valence-electron chi connectivity index (χ2n) is 6.69. The molecule has 0 unspecified atom stereocenters. The molecule has 0 aliphatic carbocycles. The zero-order valence-electron chi connectivity index (χ0n) is 17.6. The Morgan fingerprint density at radius 2 is 1.48 bits per heavy atom. The molecule has 1 heterocycles. The van der Waals surface area contributed by atoms with Gasteiger partial charge in [-0.25, -0.2) is 0 Å². The predicted molar refractivity (Wildman–Crippen MR) is 111 cm³/mol. The average Bonchev–Trinajstić information content (AvgIpc) is 2.73. The highest BCUT2D eigenvalue weighted by Crippen LogP contribution is 2.48. The number of carbonyl (C=O) groups excluding carboxylic acids is 1. The summed E-state index contributed by atoms with van der Waals surface area (Å²) in [6.07, 6.45) is -0.438. The Balaban J connectivity index is 2.12. The number of aromatic hydroxyl groups is 1. The molecular formula is C20H23NO9S. The summed E-state index contributed by atoms with van der Waals surface area (Å²) in [5.74, 6) is 0.447. The van der Waals surface area contributed by atoms with E-state index in [1.165, 1.54) is 45.5 Å². The van der Waals surface area contributed by atoms with Crippen LogP contribution in [0.2, 0.25) is 0 Å². The lowest BCUT2D eigenvalue weighted by atomic mass is 9.89. The fourth-order valence-corrected chi connectivity index (χ4v) is 4.02. The first-order chi connectivity index (χ1) is 14.6.